The Bertz CT molecular complexity index is 1070. The van der Waals surface area contributed by atoms with Gasteiger partial charge in [0.25, 0.3) is 0 Å². The van der Waals surface area contributed by atoms with Crippen LogP contribution in [0, 0.1) is 0 Å². The molecule has 1 aromatic heterocycles. The number of hydrogen-bond acceptors (Lipinski definition) is 6. The number of nitrogens with zero attached hydrogens (tertiary/aromatic N) is 2. The first-order valence-electron chi connectivity index (χ1n) is 9.91. The molecule has 0 unspecified atom stereocenters. The Kier molecular flexibility index (Phi) is 9.02. The van der Waals surface area contributed by atoms with E-state index < -0.39 is 6.18 Å². The number of nitrogens with one attached hydrogen (secondary N) is 2. The maximum Gasteiger partial charge on any atom is 0.386 e. The fraction of sp³-hybridized carbons (Fsp3) is 0.261. The molecule has 0 saturated heterocycles. The Morgan fingerprint density at radius 1 is 1.06 bits per heavy atom. The maximum absolute atomic E-state index is 11.0. The minimum absolute atomic E-state index is 0.188. The van der Waals surface area contributed by atoms with Gasteiger partial charge in [-0.05, 0) is 30.2 Å². The lowest BCUT2D eigenvalue weighted by molar-refractivity contribution is -0.110. The number of aryl methyl sites for hydroxylation is 1. The van der Waals surface area contributed by atoms with E-state index in [9.17, 15) is 18.0 Å². The largest absolute Gasteiger partial charge is 0.497 e. The SMILES string of the molecule is CC(F)(F)F.CCc1cnc(Nc2ccc(OC)cc2OC)nc1-c1ccccc1NC=O. The summed E-state index contributed by atoms with van der Waals surface area (Å²) in [4.78, 5) is 20.1. The van der Waals surface area contributed by atoms with Crippen LogP contribution in [-0.4, -0.2) is 36.8 Å². The van der Waals surface area contributed by atoms with Gasteiger partial charge in [-0.15, -0.1) is 0 Å². The van der Waals surface area contributed by atoms with Crippen molar-refractivity contribution in [2.75, 3.05) is 24.9 Å². The summed E-state index contributed by atoms with van der Waals surface area (Å²) in [5.74, 6) is 1.74. The highest BCUT2D eigenvalue weighted by atomic mass is 19.4. The van der Waals surface area contributed by atoms with E-state index in [-0.39, 0.29) is 6.92 Å². The Balaban J connectivity index is 0.000000696. The summed E-state index contributed by atoms with van der Waals surface area (Å²) in [7, 11) is 3.19. The van der Waals surface area contributed by atoms with Crippen LogP contribution in [0.2, 0.25) is 0 Å². The van der Waals surface area contributed by atoms with Crippen LogP contribution < -0.4 is 20.1 Å². The zero-order valence-corrected chi connectivity index (χ0v) is 18.7. The molecule has 1 amide bonds. The first-order chi connectivity index (χ1) is 15.7. The van der Waals surface area contributed by atoms with E-state index in [0.717, 1.165) is 28.9 Å². The molecule has 0 spiro atoms. The number of rotatable bonds is 8. The Hall–Kier alpha value is -3.82. The molecule has 10 heteroatoms. The molecule has 0 aliphatic carbocycles. The monoisotopic (exact) mass is 462 g/mol. The molecule has 33 heavy (non-hydrogen) atoms. The number of halogens is 3. The summed E-state index contributed by atoms with van der Waals surface area (Å²) in [6.45, 7) is 2.23. The number of hydrogen-bond donors (Lipinski definition) is 2. The highest BCUT2D eigenvalue weighted by Gasteiger charge is 2.16. The van der Waals surface area contributed by atoms with Gasteiger partial charge in [-0.2, -0.15) is 13.2 Å². The lowest BCUT2D eigenvalue weighted by atomic mass is 10.0. The van der Waals surface area contributed by atoms with Gasteiger partial charge in [0, 0.05) is 30.4 Å². The first kappa shape index (κ1) is 25.4. The molecule has 0 fully saturated rings. The number of aromatic nitrogens is 2. The normalized spacial score (nSPS) is 10.5. The summed E-state index contributed by atoms with van der Waals surface area (Å²) in [5.41, 5.74) is 3.99. The molecule has 3 aromatic rings. The molecule has 0 radical (unpaired) electrons. The number of anilines is 3. The van der Waals surface area contributed by atoms with Crippen LogP contribution in [0.4, 0.5) is 30.5 Å². The molecule has 0 aliphatic heterocycles. The summed E-state index contributed by atoms with van der Waals surface area (Å²) in [6, 6.07) is 13.0. The standard InChI is InChI=1S/C21H22N4O3.C2H3F3/c1-4-14-12-22-21(24-18-10-9-15(27-2)11-19(18)28-3)25-20(14)16-7-5-6-8-17(16)23-13-26;1-2(3,4)5/h5-13H,4H2,1-3H3,(H,23,26)(H,22,24,25);1H3. The number of methoxy groups -OCH3 is 2. The topological polar surface area (TPSA) is 85.4 Å². The van der Waals surface area contributed by atoms with Gasteiger partial charge in [0.1, 0.15) is 11.5 Å². The van der Waals surface area contributed by atoms with Crippen molar-refractivity contribution < 1.29 is 27.4 Å². The third-order valence-electron chi connectivity index (χ3n) is 4.30. The fourth-order valence-electron chi connectivity index (χ4n) is 2.86. The van der Waals surface area contributed by atoms with Gasteiger partial charge in [-0.3, -0.25) is 4.79 Å². The third kappa shape index (κ3) is 7.67. The average molecular weight is 462 g/mol. The molecule has 176 valence electrons. The Morgan fingerprint density at radius 2 is 1.76 bits per heavy atom. The molecular weight excluding hydrogens is 437 g/mol. The predicted octanol–water partition coefficient (Wildman–Crippen LogP) is 5.60. The maximum atomic E-state index is 11.0. The van der Waals surface area contributed by atoms with Crippen LogP contribution >= 0.6 is 0 Å². The van der Waals surface area contributed by atoms with Crippen molar-refractivity contribution in [1.82, 2.24) is 9.97 Å². The second-order valence-electron chi connectivity index (χ2n) is 6.70. The molecule has 1 heterocycles. The second kappa shape index (κ2) is 11.7. The minimum atomic E-state index is -4.00. The highest BCUT2D eigenvalue weighted by molar-refractivity contribution is 5.85. The van der Waals surface area contributed by atoms with E-state index in [4.69, 9.17) is 14.5 Å². The van der Waals surface area contributed by atoms with Crippen LogP contribution in [-0.2, 0) is 11.2 Å². The van der Waals surface area contributed by atoms with Crippen molar-refractivity contribution in [1.29, 1.82) is 0 Å². The van der Waals surface area contributed by atoms with E-state index in [1.165, 1.54) is 0 Å². The third-order valence-corrected chi connectivity index (χ3v) is 4.30. The van der Waals surface area contributed by atoms with Gasteiger partial charge < -0.3 is 20.1 Å². The fourth-order valence-corrected chi connectivity index (χ4v) is 2.86. The van der Waals surface area contributed by atoms with Crippen molar-refractivity contribution in [2.45, 2.75) is 26.4 Å². The van der Waals surface area contributed by atoms with Crippen molar-refractivity contribution >= 4 is 23.7 Å². The first-order valence-corrected chi connectivity index (χ1v) is 9.91. The van der Waals surface area contributed by atoms with Crippen LogP contribution in [0.15, 0.2) is 48.7 Å². The zero-order chi connectivity index (χ0) is 24.4. The summed E-state index contributed by atoms with van der Waals surface area (Å²) < 4.78 is 41.7. The number of para-hydroxylation sites is 1. The van der Waals surface area contributed by atoms with Gasteiger partial charge in [-0.25, -0.2) is 9.97 Å². The van der Waals surface area contributed by atoms with E-state index in [0.29, 0.717) is 29.5 Å². The summed E-state index contributed by atoms with van der Waals surface area (Å²) in [6.07, 6.45) is -0.789. The van der Waals surface area contributed by atoms with Gasteiger partial charge in [0.2, 0.25) is 12.4 Å². The molecule has 0 bridgehead atoms. The van der Waals surface area contributed by atoms with Crippen molar-refractivity contribution in [2.24, 2.45) is 0 Å². The molecular formula is C23H25F3N4O3. The van der Waals surface area contributed by atoms with Crippen LogP contribution in [0.3, 0.4) is 0 Å². The van der Waals surface area contributed by atoms with Gasteiger partial charge in [0.05, 0.1) is 25.6 Å². The van der Waals surface area contributed by atoms with E-state index in [1.807, 2.05) is 43.3 Å². The number of carbonyl (C=O) groups excluding carboxylic acids is 1. The number of ether oxygens (including phenoxy) is 2. The summed E-state index contributed by atoms with van der Waals surface area (Å²) in [5, 5.41) is 5.93. The van der Waals surface area contributed by atoms with Crippen LogP contribution in [0.5, 0.6) is 11.5 Å². The average Bonchev–Trinajstić information content (AvgIpc) is 2.79. The molecule has 2 aromatic carbocycles. The van der Waals surface area contributed by atoms with Gasteiger partial charge in [-0.1, -0.05) is 25.1 Å². The predicted molar refractivity (Wildman–Crippen MR) is 121 cm³/mol. The highest BCUT2D eigenvalue weighted by Crippen LogP contribution is 2.33. The number of carbonyl (C=O) groups is 1. The van der Waals surface area contributed by atoms with Crippen molar-refractivity contribution in [3.05, 3.63) is 54.2 Å². The van der Waals surface area contributed by atoms with E-state index >= 15 is 0 Å². The molecule has 3 rings (SSSR count). The molecule has 0 atom stereocenters. The summed E-state index contributed by atoms with van der Waals surface area (Å²) >= 11 is 0. The number of alkyl halides is 3. The van der Waals surface area contributed by atoms with Crippen molar-refractivity contribution in [3.63, 3.8) is 0 Å². The van der Waals surface area contributed by atoms with Crippen LogP contribution in [0.1, 0.15) is 19.4 Å². The molecule has 0 saturated carbocycles. The Morgan fingerprint density at radius 3 is 2.36 bits per heavy atom. The lowest BCUT2D eigenvalue weighted by Crippen LogP contribution is -2.04. The Labute approximate surface area is 190 Å². The number of amides is 1. The quantitative estimate of drug-likeness (QED) is 0.424. The minimum Gasteiger partial charge on any atom is -0.497 e. The zero-order valence-electron chi connectivity index (χ0n) is 18.7. The lowest BCUT2D eigenvalue weighted by Gasteiger charge is -2.15. The van der Waals surface area contributed by atoms with E-state index in [1.54, 1.807) is 26.5 Å². The molecule has 7 nitrogen and oxygen atoms in total. The molecule has 2 N–H and O–H groups in total. The van der Waals surface area contributed by atoms with Gasteiger partial charge in [0.15, 0.2) is 0 Å². The second-order valence-corrected chi connectivity index (χ2v) is 6.70. The van der Waals surface area contributed by atoms with Crippen LogP contribution in [0.25, 0.3) is 11.3 Å². The smallest absolute Gasteiger partial charge is 0.386 e. The van der Waals surface area contributed by atoms with Crippen molar-refractivity contribution in [3.8, 4) is 22.8 Å². The molecule has 0 aliphatic rings. The number of benzene rings is 2. The van der Waals surface area contributed by atoms with E-state index in [2.05, 4.69) is 15.6 Å². The van der Waals surface area contributed by atoms with Gasteiger partial charge >= 0.3 is 6.18 Å².